The maximum Gasteiger partial charge on any atom is 0.356 e. The molecule has 1 aromatic carbocycles. The number of rotatable bonds is 6. The Bertz CT molecular complexity index is 519. The third-order valence-electron chi connectivity index (χ3n) is 2.84. The summed E-state index contributed by atoms with van der Waals surface area (Å²) in [5.74, 6) is -0.174. The van der Waals surface area contributed by atoms with Gasteiger partial charge in [-0.25, -0.2) is 0 Å². The molecule has 0 spiro atoms. The summed E-state index contributed by atoms with van der Waals surface area (Å²) in [4.78, 5) is 11.3. The Morgan fingerprint density at radius 2 is 1.75 bits per heavy atom. The first-order valence-corrected chi connectivity index (χ1v) is 7.69. The molecular formula is C14H20NO4P. The molecule has 0 bridgehead atoms. The van der Waals surface area contributed by atoms with Crippen molar-refractivity contribution in [2.24, 2.45) is 0 Å². The van der Waals surface area contributed by atoms with Crippen molar-refractivity contribution in [1.29, 1.82) is 0 Å². The Balaban J connectivity index is 3.13. The molecule has 0 aliphatic heterocycles. The number of allylic oxidation sites excluding steroid dienone is 1. The molecule has 0 saturated carbocycles. The zero-order chi connectivity index (χ0) is 15.2. The first kappa shape index (κ1) is 16.6. The van der Waals surface area contributed by atoms with Crippen molar-refractivity contribution in [1.82, 2.24) is 5.32 Å². The highest BCUT2D eigenvalue weighted by Crippen LogP contribution is 2.54. The van der Waals surface area contributed by atoms with E-state index in [-0.39, 0.29) is 11.9 Å². The van der Waals surface area contributed by atoms with Crippen LogP contribution in [0, 0.1) is 0 Å². The van der Waals surface area contributed by atoms with Crippen molar-refractivity contribution in [3.05, 3.63) is 47.3 Å². The van der Waals surface area contributed by atoms with Crippen molar-refractivity contribution in [3.63, 3.8) is 0 Å². The van der Waals surface area contributed by atoms with E-state index in [0.29, 0.717) is 5.31 Å². The molecule has 1 rings (SSSR count). The molecule has 0 aromatic heterocycles. The molecule has 0 radical (unpaired) electrons. The van der Waals surface area contributed by atoms with Crippen molar-refractivity contribution in [2.75, 3.05) is 14.2 Å². The highest BCUT2D eigenvalue weighted by molar-refractivity contribution is 7.58. The van der Waals surface area contributed by atoms with Gasteiger partial charge in [0.05, 0.1) is 6.04 Å². The number of carbonyl (C=O) groups is 1. The highest BCUT2D eigenvalue weighted by Gasteiger charge is 2.25. The number of hydrogen-bond acceptors (Lipinski definition) is 4. The molecule has 20 heavy (non-hydrogen) atoms. The molecule has 1 unspecified atom stereocenters. The first-order valence-electron chi connectivity index (χ1n) is 6.15. The molecule has 0 aliphatic carbocycles. The van der Waals surface area contributed by atoms with Crippen LogP contribution in [0.15, 0.2) is 41.7 Å². The minimum Gasteiger partial charge on any atom is -0.346 e. The summed E-state index contributed by atoms with van der Waals surface area (Å²) in [6, 6.07) is 9.02. The molecule has 5 nitrogen and oxygen atoms in total. The zero-order valence-electron chi connectivity index (χ0n) is 12.1. The van der Waals surface area contributed by atoms with Gasteiger partial charge in [0.25, 0.3) is 0 Å². The van der Waals surface area contributed by atoms with Gasteiger partial charge in [0.2, 0.25) is 5.91 Å². The second-order valence-corrected chi connectivity index (χ2v) is 6.69. The lowest BCUT2D eigenvalue weighted by atomic mass is 10.1. The summed E-state index contributed by atoms with van der Waals surface area (Å²) in [6.07, 6.45) is 1.69. The third-order valence-corrected chi connectivity index (χ3v) is 4.81. The van der Waals surface area contributed by atoms with Crippen molar-refractivity contribution in [2.45, 2.75) is 19.9 Å². The van der Waals surface area contributed by atoms with Crippen molar-refractivity contribution < 1.29 is 18.4 Å². The largest absolute Gasteiger partial charge is 0.356 e. The molecule has 0 saturated heterocycles. The monoisotopic (exact) mass is 297 g/mol. The average Bonchev–Trinajstić information content (AvgIpc) is 2.46. The number of amides is 1. The van der Waals surface area contributed by atoms with Gasteiger partial charge >= 0.3 is 7.60 Å². The van der Waals surface area contributed by atoms with Crippen molar-refractivity contribution >= 4 is 13.5 Å². The van der Waals surface area contributed by atoms with Gasteiger partial charge in [-0.2, -0.15) is 0 Å². The van der Waals surface area contributed by atoms with E-state index in [1.54, 1.807) is 13.0 Å². The molecular weight excluding hydrogens is 277 g/mol. The van der Waals surface area contributed by atoms with Crippen LogP contribution in [0.4, 0.5) is 0 Å². The molecule has 1 aromatic rings. The van der Waals surface area contributed by atoms with Gasteiger partial charge in [-0.1, -0.05) is 30.3 Å². The smallest absolute Gasteiger partial charge is 0.346 e. The molecule has 1 atom stereocenters. The first-order chi connectivity index (χ1) is 9.42. The van der Waals surface area contributed by atoms with Crippen LogP contribution in [-0.2, 0) is 18.4 Å². The summed E-state index contributed by atoms with van der Waals surface area (Å²) in [6.45, 7) is 3.09. The third kappa shape index (κ3) is 4.30. The Hall–Kier alpha value is -1.42. The van der Waals surface area contributed by atoms with Crippen LogP contribution in [0.5, 0.6) is 0 Å². The molecule has 1 N–H and O–H groups in total. The fraction of sp³-hybridized carbons (Fsp3) is 0.357. The van der Waals surface area contributed by atoms with Crippen LogP contribution in [0.2, 0.25) is 0 Å². The van der Waals surface area contributed by atoms with Gasteiger partial charge in [-0.05, 0) is 18.6 Å². The minimum absolute atomic E-state index is 0.174. The lowest BCUT2D eigenvalue weighted by Crippen LogP contribution is -2.24. The van der Waals surface area contributed by atoms with Gasteiger partial charge in [-0.15, -0.1) is 0 Å². The van der Waals surface area contributed by atoms with Gasteiger partial charge in [0.1, 0.15) is 0 Å². The number of benzene rings is 1. The molecule has 0 aliphatic rings. The van der Waals surface area contributed by atoms with Crippen LogP contribution in [0.1, 0.15) is 25.5 Å². The van der Waals surface area contributed by atoms with E-state index in [1.165, 1.54) is 21.1 Å². The van der Waals surface area contributed by atoms with Gasteiger partial charge in [-0.3, -0.25) is 9.36 Å². The predicted molar refractivity (Wildman–Crippen MR) is 78.4 cm³/mol. The molecule has 110 valence electrons. The van der Waals surface area contributed by atoms with E-state index in [4.69, 9.17) is 9.05 Å². The van der Waals surface area contributed by atoms with Gasteiger partial charge in [0, 0.05) is 26.5 Å². The van der Waals surface area contributed by atoms with E-state index in [1.807, 2.05) is 30.3 Å². The summed E-state index contributed by atoms with van der Waals surface area (Å²) < 4.78 is 22.2. The van der Waals surface area contributed by atoms with Crippen LogP contribution in [0.25, 0.3) is 0 Å². The summed E-state index contributed by atoms with van der Waals surface area (Å²) >= 11 is 0. The standard InChI is InChI=1S/C14H20NO4P/c1-11(20(17,18-3)19-4)10-14(15-12(2)16)13-8-6-5-7-9-13/h5-10,14H,1-4H3,(H,15,16)/b11-10-. The highest BCUT2D eigenvalue weighted by atomic mass is 31.2. The number of hydrogen-bond donors (Lipinski definition) is 1. The van der Waals surface area contributed by atoms with Crippen LogP contribution in [0.3, 0.4) is 0 Å². The normalized spacial score (nSPS) is 13.9. The lowest BCUT2D eigenvalue weighted by molar-refractivity contribution is -0.119. The van der Waals surface area contributed by atoms with Crippen molar-refractivity contribution in [3.8, 4) is 0 Å². The summed E-state index contributed by atoms with van der Waals surface area (Å²) in [5, 5.41) is 3.25. The quantitative estimate of drug-likeness (QED) is 0.819. The Kier molecular flexibility index (Phi) is 6.14. The fourth-order valence-electron chi connectivity index (χ4n) is 1.80. The molecule has 6 heteroatoms. The van der Waals surface area contributed by atoms with Crippen LogP contribution < -0.4 is 5.32 Å². The Morgan fingerprint density at radius 3 is 2.20 bits per heavy atom. The van der Waals surface area contributed by atoms with E-state index in [9.17, 15) is 9.36 Å². The van der Waals surface area contributed by atoms with Crippen LogP contribution >= 0.6 is 7.60 Å². The van der Waals surface area contributed by atoms with E-state index >= 15 is 0 Å². The topological polar surface area (TPSA) is 64.6 Å². The van der Waals surface area contributed by atoms with Gasteiger partial charge < -0.3 is 14.4 Å². The second kappa shape index (κ2) is 7.39. The zero-order valence-corrected chi connectivity index (χ0v) is 13.0. The fourth-order valence-corrected chi connectivity index (χ4v) is 2.85. The molecule has 1 amide bonds. The number of nitrogens with one attached hydrogen (secondary N) is 1. The Labute approximate surface area is 119 Å². The molecule has 0 fully saturated rings. The molecule has 0 heterocycles. The van der Waals surface area contributed by atoms with E-state index < -0.39 is 7.60 Å². The van der Waals surface area contributed by atoms with Gasteiger partial charge in [0.15, 0.2) is 0 Å². The second-order valence-electron chi connectivity index (χ2n) is 4.26. The Morgan fingerprint density at radius 1 is 1.20 bits per heavy atom. The SMILES string of the molecule is COP(=O)(OC)/C(C)=C\C(NC(C)=O)c1ccccc1. The van der Waals surface area contributed by atoms with E-state index in [0.717, 1.165) is 5.56 Å². The maximum absolute atomic E-state index is 12.3. The average molecular weight is 297 g/mol. The summed E-state index contributed by atoms with van der Waals surface area (Å²) in [7, 11) is -0.618. The van der Waals surface area contributed by atoms with Crippen LogP contribution in [-0.4, -0.2) is 20.1 Å². The number of carbonyl (C=O) groups excluding carboxylic acids is 1. The maximum atomic E-state index is 12.3. The summed E-state index contributed by atoms with van der Waals surface area (Å²) in [5.41, 5.74) is 0.890. The lowest BCUT2D eigenvalue weighted by Gasteiger charge is -2.19. The minimum atomic E-state index is -3.28. The predicted octanol–water partition coefficient (Wildman–Crippen LogP) is 3.25. The van der Waals surface area contributed by atoms with E-state index in [2.05, 4.69) is 5.32 Å².